The predicted octanol–water partition coefficient (Wildman–Crippen LogP) is 3.23. The zero-order chi connectivity index (χ0) is 25.9. The van der Waals surface area contributed by atoms with Crippen molar-refractivity contribution in [3.8, 4) is 11.1 Å². The summed E-state index contributed by atoms with van der Waals surface area (Å²) in [5, 5.41) is 15.0. The van der Waals surface area contributed by atoms with Gasteiger partial charge in [-0.05, 0) is 29.2 Å². The highest BCUT2D eigenvalue weighted by Crippen LogP contribution is 2.20. The molecule has 2 amide bonds. The molecular formula is C28H30N2O6. The average Bonchev–Trinajstić information content (AvgIpc) is 2.91. The van der Waals surface area contributed by atoms with E-state index in [9.17, 15) is 19.5 Å². The number of alkyl carbamates (subject to hydrolysis) is 1. The van der Waals surface area contributed by atoms with Crippen molar-refractivity contribution in [1.82, 2.24) is 10.6 Å². The first kappa shape index (κ1) is 26.4. The monoisotopic (exact) mass is 490 g/mol. The first-order valence-corrected chi connectivity index (χ1v) is 11.5. The molecule has 0 spiro atoms. The summed E-state index contributed by atoms with van der Waals surface area (Å²) in [5.74, 6) is -1.38. The Labute approximate surface area is 210 Å². The van der Waals surface area contributed by atoms with Gasteiger partial charge in [0.2, 0.25) is 5.91 Å². The molecule has 0 saturated carbocycles. The van der Waals surface area contributed by atoms with Crippen LogP contribution in [0.1, 0.15) is 18.1 Å². The summed E-state index contributed by atoms with van der Waals surface area (Å²) in [5.41, 5.74) is 3.65. The molecule has 0 aliphatic heterocycles. The van der Waals surface area contributed by atoms with Crippen LogP contribution in [0.4, 0.5) is 4.79 Å². The molecule has 0 fully saturated rings. The van der Waals surface area contributed by atoms with Gasteiger partial charge in [0.05, 0.1) is 13.2 Å². The molecule has 0 bridgehead atoms. The van der Waals surface area contributed by atoms with E-state index in [0.29, 0.717) is 0 Å². The van der Waals surface area contributed by atoms with Gasteiger partial charge in [-0.2, -0.15) is 0 Å². The van der Waals surface area contributed by atoms with Gasteiger partial charge in [0.25, 0.3) is 0 Å². The molecule has 3 aromatic rings. The van der Waals surface area contributed by atoms with Crippen LogP contribution < -0.4 is 10.6 Å². The van der Waals surface area contributed by atoms with E-state index in [1.807, 2.05) is 72.8 Å². The number of hydrogen-bond acceptors (Lipinski definition) is 6. The molecule has 36 heavy (non-hydrogen) atoms. The van der Waals surface area contributed by atoms with Crippen LogP contribution in [-0.2, 0) is 32.1 Å². The number of esters is 1. The van der Waals surface area contributed by atoms with E-state index in [-0.39, 0.29) is 13.0 Å². The molecule has 0 aliphatic carbocycles. The third-order valence-electron chi connectivity index (χ3n) is 5.55. The van der Waals surface area contributed by atoms with E-state index in [2.05, 4.69) is 10.6 Å². The van der Waals surface area contributed by atoms with E-state index in [0.717, 1.165) is 22.3 Å². The van der Waals surface area contributed by atoms with E-state index < -0.39 is 36.2 Å². The molecule has 3 N–H and O–H groups in total. The van der Waals surface area contributed by atoms with Crippen LogP contribution in [-0.4, -0.2) is 48.4 Å². The molecule has 3 rings (SSSR count). The Morgan fingerprint density at radius 1 is 0.806 bits per heavy atom. The summed E-state index contributed by atoms with van der Waals surface area (Å²) >= 11 is 0. The first-order chi connectivity index (χ1) is 17.4. The number of hydrogen-bond donors (Lipinski definition) is 3. The molecule has 3 aromatic carbocycles. The van der Waals surface area contributed by atoms with Crippen molar-refractivity contribution in [2.75, 3.05) is 7.11 Å². The summed E-state index contributed by atoms with van der Waals surface area (Å²) < 4.78 is 10.0. The maximum absolute atomic E-state index is 12.9. The number of benzene rings is 3. The quantitative estimate of drug-likeness (QED) is 0.376. The fraction of sp³-hybridized carbons (Fsp3) is 0.250. The zero-order valence-electron chi connectivity index (χ0n) is 20.2. The van der Waals surface area contributed by atoms with Crippen LogP contribution >= 0.6 is 0 Å². The zero-order valence-corrected chi connectivity index (χ0v) is 20.2. The largest absolute Gasteiger partial charge is 0.467 e. The van der Waals surface area contributed by atoms with Crippen molar-refractivity contribution in [2.24, 2.45) is 0 Å². The minimum absolute atomic E-state index is 0.00455. The number of nitrogens with one attached hydrogen (secondary N) is 2. The van der Waals surface area contributed by atoms with Crippen molar-refractivity contribution in [2.45, 2.75) is 38.1 Å². The third-order valence-corrected chi connectivity index (χ3v) is 5.55. The Balaban J connectivity index is 1.63. The summed E-state index contributed by atoms with van der Waals surface area (Å²) in [6, 6.07) is 24.2. The van der Waals surface area contributed by atoms with Crippen molar-refractivity contribution in [3.63, 3.8) is 0 Å². The van der Waals surface area contributed by atoms with Crippen LogP contribution in [0.5, 0.6) is 0 Å². The summed E-state index contributed by atoms with van der Waals surface area (Å²) in [4.78, 5) is 37.5. The molecule has 0 unspecified atom stereocenters. The Kier molecular flexibility index (Phi) is 9.59. The number of ether oxygens (including phenoxy) is 2. The van der Waals surface area contributed by atoms with Crippen molar-refractivity contribution >= 4 is 18.0 Å². The molecule has 0 aromatic heterocycles. The van der Waals surface area contributed by atoms with Crippen LogP contribution in [0.25, 0.3) is 11.1 Å². The molecule has 8 nitrogen and oxygen atoms in total. The van der Waals surface area contributed by atoms with Crippen molar-refractivity contribution < 1.29 is 29.0 Å². The summed E-state index contributed by atoms with van der Waals surface area (Å²) in [7, 11) is 1.23. The van der Waals surface area contributed by atoms with Gasteiger partial charge < -0.3 is 25.2 Å². The highest BCUT2D eigenvalue weighted by atomic mass is 16.5. The number of rotatable bonds is 10. The highest BCUT2D eigenvalue weighted by Gasteiger charge is 2.30. The Morgan fingerprint density at radius 3 is 1.97 bits per heavy atom. The lowest BCUT2D eigenvalue weighted by Gasteiger charge is -2.24. The van der Waals surface area contributed by atoms with Gasteiger partial charge in [-0.3, -0.25) is 4.79 Å². The second-order valence-electron chi connectivity index (χ2n) is 8.28. The molecule has 188 valence electrons. The third kappa shape index (κ3) is 7.68. The fourth-order valence-electron chi connectivity index (χ4n) is 3.59. The topological polar surface area (TPSA) is 114 Å². The van der Waals surface area contributed by atoms with Crippen LogP contribution in [0, 0.1) is 0 Å². The van der Waals surface area contributed by atoms with E-state index in [4.69, 9.17) is 9.47 Å². The molecule has 0 saturated heterocycles. The standard InChI is InChI=1S/C28H30N2O6/c1-19(31)25(30-28(34)36-18-21-9-5-3-6-10-21)26(32)29-24(27(33)35-2)17-20-13-15-23(16-14-20)22-11-7-4-8-12-22/h3-16,19,24-25,31H,17-18H2,1-2H3,(H,29,32)(H,30,34)/t19-,24-,25+/m1/s1. The molecular weight excluding hydrogens is 460 g/mol. The first-order valence-electron chi connectivity index (χ1n) is 11.5. The minimum atomic E-state index is -1.33. The molecule has 3 atom stereocenters. The molecule has 0 radical (unpaired) electrons. The smallest absolute Gasteiger partial charge is 0.408 e. The number of aliphatic hydroxyl groups is 1. The van der Waals surface area contributed by atoms with Crippen molar-refractivity contribution in [1.29, 1.82) is 0 Å². The number of carbonyl (C=O) groups excluding carboxylic acids is 3. The van der Waals surface area contributed by atoms with Gasteiger partial charge in [0.1, 0.15) is 18.7 Å². The number of carbonyl (C=O) groups is 3. The predicted molar refractivity (Wildman–Crippen MR) is 135 cm³/mol. The van der Waals surface area contributed by atoms with Gasteiger partial charge in [0, 0.05) is 6.42 Å². The van der Waals surface area contributed by atoms with Gasteiger partial charge in [0.15, 0.2) is 0 Å². The van der Waals surface area contributed by atoms with Crippen LogP contribution in [0.15, 0.2) is 84.9 Å². The van der Waals surface area contributed by atoms with E-state index in [1.54, 1.807) is 12.1 Å². The lowest BCUT2D eigenvalue weighted by atomic mass is 10.0. The van der Waals surface area contributed by atoms with Crippen LogP contribution in [0.2, 0.25) is 0 Å². The second-order valence-corrected chi connectivity index (χ2v) is 8.28. The molecule has 0 heterocycles. The maximum Gasteiger partial charge on any atom is 0.408 e. The minimum Gasteiger partial charge on any atom is -0.467 e. The second kappa shape index (κ2) is 13.1. The SMILES string of the molecule is COC(=O)[C@@H](Cc1ccc(-c2ccccc2)cc1)NC(=O)[C@@H](NC(=O)OCc1ccccc1)[C@@H](C)O. The Morgan fingerprint density at radius 2 is 1.39 bits per heavy atom. The highest BCUT2D eigenvalue weighted by molar-refractivity contribution is 5.90. The van der Waals surface area contributed by atoms with Gasteiger partial charge >= 0.3 is 12.1 Å². The van der Waals surface area contributed by atoms with Crippen LogP contribution in [0.3, 0.4) is 0 Å². The van der Waals surface area contributed by atoms with Gasteiger partial charge in [-0.15, -0.1) is 0 Å². The number of methoxy groups -OCH3 is 1. The number of aliphatic hydroxyl groups excluding tert-OH is 1. The Hall–Kier alpha value is -4.17. The molecule has 0 aliphatic rings. The lowest BCUT2D eigenvalue weighted by molar-refractivity contribution is -0.145. The van der Waals surface area contributed by atoms with Gasteiger partial charge in [-0.1, -0.05) is 84.9 Å². The normalized spacial score (nSPS) is 13.1. The summed E-state index contributed by atoms with van der Waals surface area (Å²) in [6.07, 6.45) is -1.94. The molecule has 8 heteroatoms. The van der Waals surface area contributed by atoms with Crippen molar-refractivity contribution in [3.05, 3.63) is 96.1 Å². The van der Waals surface area contributed by atoms with E-state index in [1.165, 1.54) is 14.0 Å². The lowest BCUT2D eigenvalue weighted by Crippen LogP contribution is -2.56. The maximum atomic E-state index is 12.9. The summed E-state index contributed by atoms with van der Waals surface area (Å²) in [6.45, 7) is 1.36. The Bertz CT molecular complexity index is 1130. The average molecular weight is 491 g/mol. The van der Waals surface area contributed by atoms with Gasteiger partial charge in [-0.25, -0.2) is 9.59 Å². The van der Waals surface area contributed by atoms with E-state index >= 15 is 0 Å². The fourth-order valence-corrected chi connectivity index (χ4v) is 3.59. The number of amides is 2.